The Morgan fingerprint density at radius 2 is 1.86 bits per heavy atom. The summed E-state index contributed by atoms with van der Waals surface area (Å²) in [7, 11) is 3.57. The number of nitrogens with zero attached hydrogens (tertiary/aromatic N) is 1. The summed E-state index contributed by atoms with van der Waals surface area (Å²) in [6.07, 6.45) is 5.42. The van der Waals surface area contributed by atoms with Crippen LogP contribution in [0.4, 0.5) is 10.1 Å². The Labute approximate surface area is 174 Å². The van der Waals surface area contributed by atoms with Gasteiger partial charge in [0.05, 0.1) is 14.2 Å². The number of anilines is 1. The van der Waals surface area contributed by atoms with Crippen molar-refractivity contribution in [1.82, 2.24) is 0 Å². The fraction of sp³-hybridized carbons (Fsp3) is 0.478. The number of phenols is 1. The van der Waals surface area contributed by atoms with Crippen LogP contribution in [0.25, 0.3) is 0 Å². The standard InChI is InChI=1S/C23H31FNO3P/c1-4-8-21(18-14-17(27-2)15-20(28-3)23(18)26)29-22-10-9-16(24)13-19(22)25-11-6-5-7-12-25/h9-10,13-15,21,26,29H,4-8,11-12H2,1-3H3. The zero-order chi connectivity index (χ0) is 20.8. The Hall–Kier alpha value is -2.00. The van der Waals surface area contributed by atoms with Gasteiger partial charge in [0.2, 0.25) is 0 Å². The summed E-state index contributed by atoms with van der Waals surface area (Å²) in [5, 5.41) is 11.9. The zero-order valence-corrected chi connectivity index (χ0v) is 18.5. The number of piperidine rings is 1. The Balaban J connectivity index is 1.98. The van der Waals surface area contributed by atoms with Crippen molar-refractivity contribution < 1.29 is 19.0 Å². The van der Waals surface area contributed by atoms with Gasteiger partial charge in [-0.3, -0.25) is 0 Å². The topological polar surface area (TPSA) is 41.9 Å². The number of aromatic hydroxyl groups is 1. The van der Waals surface area contributed by atoms with E-state index in [-0.39, 0.29) is 17.2 Å². The van der Waals surface area contributed by atoms with Crippen LogP contribution in [0.15, 0.2) is 30.3 Å². The van der Waals surface area contributed by atoms with Crippen molar-refractivity contribution in [3.63, 3.8) is 0 Å². The van der Waals surface area contributed by atoms with Gasteiger partial charge in [0.1, 0.15) is 11.6 Å². The summed E-state index contributed by atoms with van der Waals surface area (Å²) in [4.78, 5) is 2.31. The molecular formula is C23H31FNO3P. The molecule has 1 saturated heterocycles. The third kappa shape index (κ3) is 5.14. The highest BCUT2D eigenvalue weighted by molar-refractivity contribution is 7.48. The maximum Gasteiger partial charge on any atom is 0.164 e. The van der Waals surface area contributed by atoms with Gasteiger partial charge in [-0.15, -0.1) is 0 Å². The monoisotopic (exact) mass is 419 g/mol. The molecule has 1 N–H and O–H groups in total. The quantitative estimate of drug-likeness (QED) is 0.583. The van der Waals surface area contributed by atoms with Crippen LogP contribution < -0.4 is 19.7 Å². The van der Waals surface area contributed by atoms with Crippen molar-refractivity contribution in [1.29, 1.82) is 0 Å². The summed E-state index contributed by atoms with van der Waals surface area (Å²) in [5.41, 5.74) is 1.94. The summed E-state index contributed by atoms with van der Waals surface area (Å²) in [6, 6.07) is 8.72. The third-order valence-corrected chi connectivity index (χ3v) is 7.15. The van der Waals surface area contributed by atoms with Crippen LogP contribution in [0.2, 0.25) is 0 Å². The van der Waals surface area contributed by atoms with Gasteiger partial charge >= 0.3 is 0 Å². The molecule has 4 nitrogen and oxygen atoms in total. The van der Waals surface area contributed by atoms with E-state index >= 15 is 0 Å². The molecule has 0 amide bonds. The maximum atomic E-state index is 14.1. The maximum absolute atomic E-state index is 14.1. The predicted molar refractivity (Wildman–Crippen MR) is 119 cm³/mol. The van der Waals surface area contributed by atoms with Crippen LogP contribution in [0.3, 0.4) is 0 Å². The second-order valence-electron chi connectivity index (χ2n) is 7.46. The highest BCUT2D eigenvalue weighted by Crippen LogP contribution is 2.47. The highest BCUT2D eigenvalue weighted by Gasteiger charge is 2.23. The molecule has 0 bridgehead atoms. The molecule has 1 aliphatic heterocycles. The number of phenolic OH excluding ortho intramolecular Hbond substituents is 1. The van der Waals surface area contributed by atoms with Gasteiger partial charge in [0.15, 0.2) is 11.5 Å². The lowest BCUT2D eigenvalue weighted by Crippen LogP contribution is -2.32. The number of hydrogen-bond donors (Lipinski definition) is 1. The lowest BCUT2D eigenvalue weighted by atomic mass is 10.1. The second kappa shape index (κ2) is 10.2. The minimum atomic E-state index is -0.197. The average Bonchev–Trinajstić information content (AvgIpc) is 2.75. The van der Waals surface area contributed by atoms with Gasteiger partial charge in [-0.05, 0) is 55.3 Å². The van der Waals surface area contributed by atoms with Gasteiger partial charge in [-0.25, -0.2) is 4.39 Å². The van der Waals surface area contributed by atoms with Crippen molar-refractivity contribution in [3.8, 4) is 17.2 Å². The fourth-order valence-corrected chi connectivity index (χ4v) is 5.69. The Morgan fingerprint density at radius 3 is 2.52 bits per heavy atom. The Bertz CT molecular complexity index is 824. The fourth-order valence-electron chi connectivity index (χ4n) is 3.95. The molecule has 0 saturated carbocycles. The summed E-state index contributed by atoms with van der Waals surface area (Å²) in [6.45, 7) is 4.08. The van der Waals surface area contributed by atoms with Gasteiger partial charge in [-0.2, -0.15) is 0 Å². The van der Waals surface area contributed by atoms with E-state index in [1.54, 1.807) is 32.4 Å². The Kier molecular flexibility index (Phi) is 7.60. The molecule has 0 radical (unpaired) electrons. The molecule has 3 rings (SSSR count). The zero-order valence-electron chi connectivity index (χ0n) is 17.5. The van der Waals surface area contributed by atoms with Crippen LogP contribution in [0, 0.1) is 5.82 Å². The van der Waals surface area contributed by atoms with Crippen molar-refractivity contribution in [2.45, 2.75) is 44.7 Å². The molecule has 2 unspecified atom stereocenters. The first-order valence-electron chi connectivity index (χ1n) is 10.3. The predicted octanol–water partition coefficient (Wildman–Crippen LogP) is 5.38. The number of rotatable bonds is 8. The lowest BCUT2D eigenvalue weighted by Gasteiger charge is -2.31. The molecule has 6 heteroatoms. The van der Waals surface area contributed by atoms with E-state index in [1.165, 1.54) is 6.42 Å². The SMILES string of the molecule is CCCC(Pc1ccc(F)cc1N1CCCCC1)c1cc(OC)cc(OC)c1O. The van der Waals surface area contributed by atoms with E-state index in [1.807, 2.05) is 12.1 Å². The number of hydrogen-bond acceptors (Lipinski definition) is 4. The van der Waals surface area contributed by atoms with Crippen LogP contribution in [0.5, 0.6) is 17.2 Å². The average molecular weight is 419 g/mol. The number of benzene rings is 2. The minimum absolute atomic E-state index is 0.109. The largest absolute Gasteiger partial charge is 0.504 e. The molecule has 0 spiro atoms. The van der Waals surface area contributed by atoms with E-state index < -0.39 is 0 Å². The molecule has 2 aromatic carbocycles. The molecular weight excluding hydrogens is 388 g/mol. The van der Waals surface area contributed by atoms with E-state index in [9.17, 15) is 9.50 Å². The summed E-state index contributed by atoms with van der Waals surface area (Å²) < 4.78 is 24.9. The van der Waals surface area contributed by atoms with Gasteiger partial charge in [0, 0.05) is 36.1 Å². The van der Waals surface area contributed by atoms with Crippen LogP contribution in [0.1, 0.15) is 50.3 Å². The number of halogens is 1. The van der Waals surface area contributed by atoms with E-state index in [4.69, 9.17) is 9.47 Å². The van der Waals surface area contributed by atoms with E-state index in [0.717, 1.165) is 55.3 Å². The molecule has 0 aromatic heterocycles. The van der Waals surface area contributed by atoms with E-state index in [2.05, 4.69) is 11.8 Å². The van der Waals surface area contributed by atoms with Crippen molar-refractivity contribution in [3.05, 3.63) is 41.7 Å². The number of methoxy groups -OCH3 is 2. The summed E-state index contributed by atoms with van der Waals surface area (Å²) >= 11 is 0. The molecule has 1 fully saturated rings. The molecule has 158 valence electrons. The second-order valence-corrected chi connectivity index (χ2v) is 8.99. The molecule has 0 aliphatic carbocycles. The van der Waals surface area contributed by atoms with Crippen molar-refractivity contribution >= 4 is 19.6 Å². The first-order valence-corrected chi connectivity index (χ1v) is 11.4. The third-order valence-electron chi connectivity index (χ3n) is 5.47. The molecule has 2 atom stereocenters. The first kappa shape index (κ1) is 21.7. The molecule has 1 aliphatic rings. The van der Waals surface area contributed by atoms with E-state index in [0.29, 0.717) is 20.1 Å². The molecule has 1 heterocycles. The lowest BCUT2D eigenvalue weighted by molar-refractivity contribution is 0.360. The molecule has 2 aromatic rings. The molecule has 29 heavy (non-hydrogen) atoms. The first-order chi connectivity index (χ1) is 14.1. The van der Waals surface area contributed by atoms with Crippen molar-refractivity contribution in [2.24, 2.45) is 0 Å². The Morgan fingerprint density at radius 1 is 1.10 bits per heavy atom. The summed E-state index contributed by atoms with van der Waals surface area (Å²) in [5.74, 6) is 1.05. The smallest absolute Gasteiger partial charge is 0.164 e. The van der Waals surface area contributed by atoms with Crippen LogP contribution in [-0.4, -0.2) is 32.4 Å². The van der Waals surface area contributed by atoms with Gasteiger partial charge in [-0.1, -0.05) is 21.9 Å². The minimum Gasteiger partial charge on any atom is -0.504 e. The van der Waals surface area contributed by atoms with Crippen molar-refractivity contribution in [2.75, 3.05) is 32.2 Å². The van der Waals surface area contributed by atoms with Crippen LogP contribution >= 0.6 is 8.58 Å². The number of ether oxygens (including phenoxy) is 2. The van der Waals surface area contributed by atoms with Gasteiger partial charge in [0.25, 0.3) is 0 Å². The normalized spacial score (nSPS) is 15.7. The van der Waals surface area contributed by atoms with Gasteiger partial charge < -0.3 is 19.5 Å². The van der Waals surface area contributed by atoms with Crippen LogP contribution in [-0.2, 0) is 0 Å². The highest BCUT2D eigenvalue weighted by atomic mass is 31.1.